The van der Waals surface area contributed by atoms with Gasteiger partial charge in [-0.1, -0.05) is 0 Å². The maximum atomic E-state index is 6.39. The third-order valence-corrected chi connectivity index (χ3v) is 4.13. The van der Waals surface area contributed by atoms with Crippen LogP contribution in [0.15, 0.2) is 11.8 Å². The number of hydrogen-bond acceptors (Lipinski definition) is 4. The standard InChI is InChI=1S/C12H21N3O/c13-12(10-2-1-7-16-9-10)11-8-14-3-5-15(11)6-4-14/h9,11-12H,1-8,13H2. The topological polar surface area (TPSA) is 41.7 Å². The van der Waals surface area contributed by atoms with Gasteiger partial charge in [-0.15, -0.1) is 0 Å². The van der Waals surface area contributed by atoms with E-state index in [-0.39, 0.29) is 6.04 Å². The molecule has 3 saturated heterocycles. The Morgan fingerprint density at radius 2 is 2.12 bits per heavy atom. The molecule has 4 heterocycles. The molecule has 2 bridgehead atoms. The lowest BCUT2D eigenvalue weighted by atomic mass is 9.92. The van der Waals surface area contributed by atoms with Crippen LogP contribution >= 0.6 is 0 Å². The van der Waals surface area contributed by atoms with Gasteiger partial charge in [0.1, 0.15) is 0 Å². The summed E-state index contributed by atoms with van der Waals surface area (Å²) >= 11 is 0. The number of nitrogens with two attached hydrogens (primary N) is 1. The Morgan fingerprint density at radius 1 is 1.31 bits per heavy atom. The van der Waals surface area contributed by atoms with Crippen LogP contribution in [0.4, 0.5) is 0 Å². The molecule has 3 fully saturated rings. The minimum absolute atomic E-state index is 0.170. The fourth-order valence-corrected chi connectivity index (χ4v) is 3.08. The van der Waals surface area contributed by atoms with E-state index in [4.69, 9.17) is 10.5 Å². The normalized spacial score (nSPS) is 40.1. The first-order chi connectivity index (χ1) is 7.84. The molecule has 0 aromatic heterocycles. The molecule has 2 N–H and O–H groups in total. The van der Waals surface area contributed by atoms with Crippen LogP contribution in [0.1, 0.15) is 12.8 Å². The van der Waals surface area contributed by atoms with Gasteiger partial charge in [-0.05, 0) is 18.4 Å². The zero-order chi connectivity index (χ0) is 11.0. The maximum Gasteiger partial charge on any atom is 0.0876 e. The molecule has 2 atom stereocenters. The summed E-state index contributed by atoms with van der Waals surface area (Å²) in [5.41, 5.74) is 7.70. The summed E-state index contributed by atoms with van der Waals surface area (Å²) in [4.78, 5) is 5.09. The Bertz CT molecular complexity index is 284. The maximum absolute atomic E-state index is 6.39. The van der Waals surface area contributed by atoms with Gasteiger partial charge in [-0.25, -0.2) is 0 Å². The zero-order valence-corrected chi connectivity index (χ0v) is 9.77. The first-order valence-electron chi connectivity index (χ1n) is 6.37. The van der Waals surface area contributed by atoms with E-state index >= 15 is 0 Å². The van der Waals surface area contributed by atoms with Gasteiger partial charge in [-0.2, -0.15) is 0 Å². The Labute approximate surface area is 97.0 Å². The van der Waals surface area contributed by atoms with Gasteiger partial charge in [0.2, 0.25) is 0 Å². The quantitative estimate of drug-likeness (QED) is 0.716. The predicted octanol–water partition coefficient (Wildman–Crippen LogP) is 0.00780. The SMILES string of the molecule is NC(C1=COCCC1)C1CN2CCN1CC2. The molecule has 0 saturated carbocycles. The van der Waals surface area contributed by atoms with E-state index < -0.39 is 0 Å². The number of rotatable bonds is 2. The van der Waals surface area contributed by atoms with E-state index in [0.29, 0.717) is 6.04 Å². The fraction of sp³-hybridized carbons (Fsp3) is 0.833. The van der Waals surface area contributed by atoms with Crippen LogP contribution in [0.5, 0.6) is 0 Å². The molecule has 0 aromatic rings. The molecule has 16 heavy (non-hydrogen) atoms. The number of piperazine rings is 3. The molecular weight excluding hydrogens is 202 g/mol. The minimum Gasteiger partial charge on any atom is -0.501 e. The van der Waals surface area contributed by atoms with Crippen molar-refractivity contribution in [2.45, 2.75) is 24.9 Å². The Balaban J connectivity index is 1.70. The number of fused-ring (bicyclic) bond motifs is 3. The zero-order valence-electron chi connectivity index (χ0n) is 9.77. The van der Waals surface area contributed by atoms with E-state index in [9.17, 15) is 0 Å². The highest BCUT2D eigenvalue weighted by molar-refractivity contribution is 5.14. The minimum atomic E-state index is 0.170. The summed E-state index contributed by atoms with van der Waals surface area (Å²) in [6.07, 6.45) is 4.15. The number of nitrogens with zero attached hydrogens (tertiary/aromatic N) is 2. The smallest absolute Gasteiger partial charge is 0.0876 e. The average Bonchev–Trinajstić information content (AvgIpc) is 2.40. The fourth-order valence-electron chi connectivity index (χ4n) is 3.08. The first-order valence-corrected chi connectivity index (χ1v) is 6.37. The van der Waals surface area contributed by atoms with Crippen LogP contribution < -0.4 is 5.73 Å². The monoisotopic (exact) mass is 223 g/mol. The Morgan fingerprint density at radius 3 is 2.69 bits per heavy atom. The van der Waals surface area contributed by atoms with E-state index in [1.807, 2.05) is 6.26 Å². The second kappa shape index (κ2) is 4.35. The van der Waals surface area contributed by atoms with Gasteiger partial charge in [0.15, 0.2) is 0 Å². The molecular formula is C12H21N3O. The molecule has 2 unspecified atom stereocenters. The molecule has 0 radical (unpaired) electrons. The third kappa shape index (κ3) is 1.85. The largest absolute Gasteiger partial charge is 0.501 e. The van der Waals surface area contributed by atoms with Crippen LogP contribution in [0.3, 0.4) is 0 Å². The highest BCUT2D eigenvalue weighted by atomic mass is 16.5. The van der Waals surface area contributed by atoms with E-state index in [0.717, 1.165) is 26.0 Å². The summed E-state index contributed by atoms with van der Waals surface area (Å²) in [7, 11) is 0. The molecule has 4 aliphatic rings. The van der Waals surface area contributed by atoms with Crippen LogP contribution in [-0.4, -0.2) is 61.2 Å². The van der Waals surface area contributed by atoms with Gasteiger partial charge in [0, 0.05) is 44.8 Å². The van der Waals surface area contributed by atoms with E-state index in [1.165, 1.54) is 31.8 Å². The molecule has 90 valence electrons. The highest BCUT2D eigenvalue weighted by Gasteiger charge is 2.36. The lowest BCUT2D eigenvalue weighted by molar-refractivity contribution is 0.00575. The van der Waals surface area contributed by atoms with Crippen molar-refractivity contribution in [3.05, 3.63) is 11.8 Å². The van der Waals surface area contributed by atoms with Crippen molar-refractivity contribution in [1.82, 2.24) is 9.80 Å². The lowest BCUT2D eigenvalue weighted by Crippen LogP contribution is -2.66. The van der Waals surface area contributed by atoms with Crippen molar-refractivity contribution in [2.24, 2.45) is 5.73 Å². The molecule has 0 aliphatic carbocycles. The molecule has 4 aliphatic heterocycles. The van der Waals surface area contributed by atoms with Crippen molar-refractivity contribution >= 4 is 0 Å². The van der Waals surface area contributed by atoms with E-state index in [1.54, 1.807) is 0 Å². The molecule has 4 nitrogen and oxygen atoms in total. The van der Waals surface area contributed by atoms with Crippen molar-refractivity contribution in [2.75, 3.05) is 39.3 Å². The van der Waals surface area contributed by atoms with Gasteiger partial charge in [-0.3, -0.25) is 9.80 Å². The van der Waals surface area contributed by atoms with Gasteiger partial charge >= 0.3 is 0 Å². The average molecular weight is 223 g/mol. The van der Waals surface area contributed by atoms with E-state index in [2.05, 4.69) is 9.80 Å². The Hall–Kier alpha value is -0.580. The third-order valence-electron chi connectivity index (χ3n) is 4.13. The molecule has 0 amide bonds. The second-order valence-corrected chi connectivity index (χ2v) is 5.10. The molecule has 4 heteroatoms. The molecule has 4 rings (SSSR count). The molecule has 0 aromatic carbocycles. The van der Waals surface area contributed by atoms with Crippen LogP contribution in [-0.2, 0) is 4.74 Å². The molecule has 0 spiro atoms. The summed E-state index contributed by atoms with van der Waals surface area (Å²) in [6, 6.07) is 0.679. The second-order valence-electron chi connectivity index (χ2n) is 5.10. The van der Waals surface area contributed by atoms with Crippen LogP contribution in [0, 0.1) is 0 Å². The first kappa shape index (κ1) is 10.6. The summed E-state index contributed by atoms with van der Waals surface area (Å²) in [6.45, 7) is 6.81. The lowest BCUT2D eigenvalue weighted by Gasteiger charge is -2.49. The number of hydrogen-bond donors (Lipinski definition) is 1. The number of ether oxygens (including phenoxy) is 1. The van der Waals surface area contributed by atoms with Crippen LogP contribution in [0.25, 0.3) is 0 Å². The summed E-state index contributed by atoms with van der Waals surface area (Å²) in [5.74, 6) is 0. The van der Waals surface area contributed by atoms with Crippen molar-refractivity contribution in [3.8, 4) is 0 Å². The van der Waals surface area contributed by atoms with Crippen molar-refractivity contribution < 1.29 is 4.74 Å². The van der Waals surface area contributed by atoms with Gasteiger partial charge in [0.05, 0.1) is 12.9 Å². The highest BCUT2D eigenvalue weighted by Crippen LogP contribution is 2.24. The van der Waals surface area contributed by atoms with Gasteiger partial charge in [0.25, 0.3) is 0 Å². The Kier molecular flexibility index (Phi) is 2.88. The van der Waals surface area contributed by atoms with Gasteiger partial charge < -0.3 is 10.5 Å². The summed E-state index contributed by atoms with van der Waals surface area (Å²) < 4.78 is 5.40. The van der Waals surface area contributed by atoms with Crippen LogP contribution in [0.2, 0.25) is 0 Å². The van der Waals surface area contributed by atoms with Crippen molar-refractivity contribution in [3.63, 3.8) is 0 Å². The van der Waals surface area contributed by atoms with Crippen molar-refractivity contribution in [1.29, 1.82) is 0 Å². The summed E-state index contributed by atoms with van der Waals surface area (Å²) in [5, 5.41) is 0. The predicted molar refractivity (Wildman–Crippen MR) is 63.0 cm³/mol.